The Morgan fingerprint density at radius 1 is 1.17 bits per heavy atom. The summed E-state index contributed by atoms with van der Waals surface area (Å²) >= 11 is 0. The molecule has 0 aliphatic carbocycles. The Balaban J connectivity index is 1.61. The number of nitrogens with zero attached hydrogens (tertiary/aromatic N) is 4. The largest absolute Gasteiger partial charge is 0.444 e. The molecule has 1 saturated heterocycles. The highest BCUT2D eigenvalue weighted by Gasteiger charge is 2.31. The van der Waals surface area contributed by atoms with Gasteiger partial charge in [-0.15, -0.1) is 0 Å². The number of anilines is 1. The number of fused-ring (bicyclic) bond motifs is 1. The lowest BCUT2D eigenvalue weighted by molar-refractivity contribution is 0.0795. The van der Waals surface area contributed by atoms with Gasteiger partial charge in [0.05, 0.1) is 5.56 Å². The number of carbonyl (C=O) groups is 1. The van der Waals surface area contributed by atoms with Crippen molar-refractivity contribution in [1.82, 2.24) is 14.8 Å². The molecule has 0 saturated carbocycles. The lowest BCUT2D eigenvalue weighted by Crippen LogP contribution is -2.54. The maximum absolute atomic E-state index is 12.8. The number of rotatable bonds is 2. The summed E-state index contributed by atoms with van der Waals surface area (Å²) in [6.07, 6.45) is 3.36. The van der Waals surface area contributed by atoms with Crippen LogP contribution in [-0.2, 0) is 0 Å². The zero-order valence-electron chi connectivity index (χ0n) is 13.3. The van der Waals surface area contributed by atoms with Gasteiger partial charge >= 0.3 is 0 Å². The summed E-state index contributed by atoms with van der Waals surface area (Å²) < 4.78 is 5.49. The zero-order chi connectivity index (χ0) is 16.5. The first-order valence-corrected chi connectivity index (χ1v) is 8.16. The molecule has 2 aliphatic heterocycles. The summed E-state index contributed by atoms with van der Waals surface area (Å²) in [5.41, 5.74) is 7.48. The number of oxazole rings is 1. The number of aromatic nitrogens is 1. The van der Waals surface area contributed by atoms with E-state index in [0.29, 0.717) is 23.7 Å². The van der Waals surface area contributed by atoms with E-state index in [9.17, 15) is 4.79 Å². The second kappa shape index (κ2) is 5.99. The van der Waals surface area contributed by atoms with Gasteiger partial charge in [0.1, 0.15) is 6.26 Å². The van der Waals surface area contributed by atoms with Crippen molar-refractivity contribution in [2.75, 3.05) is 31.9 Å². The highest BCUT2D eigenvalue weighted by atomic mass is 16.3. The molecule has 7 heteroatoms. The summed E-state index contributed by atoms with van der Waals surface area (Å²) in [6.45, 7) is 3.32. The van der Waals surface area contributed by atoms with Crippen molar-refractivity contribution >= 4 is 17.6 Å². The number of nitrogens with two attached hydrogens (primary N) is 1. The fourth-order valence-corrected chi connectivity index (χ4v) is 3.15. The van der Waals surface area contributed by atoms with Crippen molar-refractivity contribution in [3.8, 4) is 11.5 Å². The molecule has 1 fully saturated rings. The molecule has 1 amide bonds. The fraction of sp³-hybridized carbons (Fsp3) is 0.353. The maximum atomic E-state index is 12.8. The van der Waals surface area contributed by atoms with E-state index in [0.717, 1.165) is 38.4 Å². The highest BCUT2D eigenvalue weighted by Crippen LogP contribution is 2.25. The SMILES string of the molecule is Nc1ccccc1-c1nc(C(=O)N2CCCN3CCCN=C32)co1. The van der Waals surface area contributed by atoms with Crippen molar-refractivity contribution in [3.63, 3.8) is 0 Å². The molecule has 3 heterocycles. The van der Waals surface area contributed by atoms with Gasteiger partial charge in [-0.2, -0.15) is 0 Å². The standard InChI is InChI=1S/C17H19N5O2/c18-13-6-2-1-5-12(13)15-20-14(11-24-15)16(23)22-10-4-9-21-8-3-7-19-17(21)22/h1-2,5-6,11H,3-4,7-10,18H2. The van der Waals surface area contributed by atoms with E-state index < -0.39 is 0 Å². The second-order valence-corrected chi connectivity index (χ2v) is 5.96. The van der Waals surface area contributed by atoms with Crippen LogP contribution < -0.4 is 5.73 Å². The summed E-state index contributed by atoms with van der Waals surface area (Å²) in [5, 5.41) is 0. The molecule has 2 N–H and O–H groups in total. The number of benzene rings is 1. The number of guanidine groups is 1. The van der Waals surface area contributed by atoms with E-state index in [4.69, 9.17) is 10.2 Å². The molecule has 124 valence electrons. The van der Waals surface area contributed by atoms with Crippen LogP contribution >= 0.6 is 0 Å². The molecule has 24 heavy (non-hydrogen) atoms. The molecule has 0 unspecified atom stereocenters. The zero-order valence-corrected chi connectivity index (χ0v) is 13.3. The molecule has 7 nitrogen and oxygen atoms in total. The predicted octanol–water partition coefficient (Wildman–Crippen LogP) is 1.83. The molecule has 0 radical (unpaired) electrons. The van der Waals surface area contributed by atoms with Crippen molar-refractivity contribution in [2.45, 2.75) is 12.8 Å². The van der Waals surface area contributed by atoms with E-state index >= 15 is 0 Å². The predicted molar refractivity (Wildman–Crippen MR) is 90.5 cm³/mol. The third-order valence-corrected chi connectivity index (χ3v) is 4.33. The monoisotopic (exact) mass is 325 g/mol. The van der Waals surface area contributed by atoms with Gasteiger partial charge in [-0.05, 0) is 25.0 Å². The Morgan fingerprint density at radius 3 is 2.88 bits per heavy atom. The Morgan fingerprint density at radius 2 is 2.00 bits per heavy atom. The number of hydrogen-bond donors (Lipinski definition) is 1. The number of nitrogen functional groups attached to an aromatic ring is 1. The van der Waals surface area contributed by atoms with E-state index in [-0.39, 0.29) is 11.6 Å². The van der Waals surface area contributed by atoms with Crippen molar-refractivity contribution in [2.24, 2.45) is 4.99 Å². The first-order chi connectivity index (χ1) is 11.7. The number of aliphatic imine (C=N–C) groups is 1. The van der Waals surface area contributed by atoms with Crippen LogP contribution in [0.4, 0.5) is 5.69 Å². The minimum absolute atomic E-state index is 0.176. The third kappa shape index (κ3) is 2.51. The molecule has 0 atom stereocenters. The minimum atomic E-state index is -0.176. The average molecular weight is 325 g/mol. The molecule has 2 aromatic rings. The van der Waals surface area contributed by atoms with Gasteiger partial charge in [-0.3, -0.25) is 14.7 Å². The minimum Gasteiger partial charge on any atom is -0.444 e. The van der Waals surface area contributed by atoms with Crippen LogP contribution in [0, 0.1) is 0 Å². The normalized spacial score (nSPS) is 17.4. The number of carbonyl (C=O) groups excluding carboxylic acids is 1. The molecular weight excluding hydrogens is 306 g/mol. The van der Waals surface area contributed by atoms with Gasteiger partial charge in [0.25, 0.3) is 5.91 Å². The van der Waals surface area contributed by atoms with Crippen LogP contribution in [0.1, 0.15) is 23.3 Å². The number of amides is 1. The lowest BCUT2D eigenvalue weighted by Gasteiger charge is -2.39. The Labute approximate surface area is 139 Å². The summed E-state index contributed by atoms with van der Waals surface area (Å²) in [6, 6.07) is 7.30. The highest BCUT2D eigenvalue weighted by molar-refractivity contribution is 6.05. The quantitative estimate of drug-likeness (QED) is 0.851. The first-order valence-electron chi connectivity index (χ1n) is 8.16. The molecule has 2 aliphatic rings. The molecule has 1 aromatic heterocycles. The van der Waals surface area contributed by atoms with Crippen molar-refractivity contribution in [3.05, 3.63) is 36.2 Å². The van der Waals surface area contributed by atoms with E-state index in [1.165, 1.54) is 6.26 Å². The number of hydrogen-bond acceptors (Lipinski definition) is 6. The van der Waals surface area contributed by atoms with Crippen LogP contribution in [0.3, 0.4) is 0 Å². The summed E-state index contributed by atoms with van der Waals surface area (Å²) in [7, 11) is 0. The molecule has 4 rings (SSSR count). The van der Waals surface area contributed by atoms with Crippen LogP contribution in [0.2, 0.25) is 0 Å². The van der Waals surface area contributed by atoms with Crippen LogP contribution in [-0.4, -0.2) is 52.8 Å². The molecule has 1 aromatic carbocycles. The Kier molecular flexibility index (Phi) is 3.68. The smallest absolute Gasteiger partial charge is 0.282 e. The van der Waals surface area contributed by atoms with E-state index in [1.807, 2.05) is 18.2 Å². The molecule has 0 spiro atoms. The second-order valence-electron chi connectivity index (χ2n) is 5.96. The lowest BCUT2D eigenvalue weighted by atomic mass is 10.2. The van der Waals surface area contributed by atoms with Crippen LogP contribution in [0.25, 0.3) is 11.5 Å². The topological polar surface area (TPSA) is 88.0 Å². The molecule has 0 bridgehead atoms. The summed E-state index contributed by atoms with van der Waals surface area (Å²) in [5.74, 6) is 0.946. The first kappa shape index (κ1) is 14.7. The van der Waals surface area contributed by atoms with Gasteiger partial charge in [0.2, 0.25) is 11.9 Å². The fourth-order valence-electron chi connectivity index (χ4n) is 3.15. The van der Waals surface area contributed by atoms with E-state index in [1.54, 1.807) is 11.0 Å². The Hall–Kier alpha value is -2.83. The molecular formula is C17H19N5O2. The van der Waals surface area contributed by atoms with Crippen LogP contribution in [0.15, 0.2) is 39.9 Å². The van der Waals surface area contributed by atoms with Crippen molar-refractivity contribution < 1.29 is 9.21 Å². The van der Waals surface area contributed by atoms with Crippen LogP contribution in [0.5, 0.6) is 0 Å². The van der Waals surface area contributed by atoms with Crippen molar-refractivity contribution in [1.29, 1.82) is 0 Å². The van der Waals surface area contributed by atoms with Gasteiger partial charge in [0.15, 0.2) is 5.69 Å². The summed E-state index contributed by atoms with van der Waals surface area (Å²) in [4.78, 5) is 25.6. The van der Waals surface area contributed by atoms with Gasteiger partial charge in [-0.1, -0.05) is 12.1 Å². The van der Waals surface area contributed by atoms with Gasteiger partial charge in [0, 0.05) is 31.9 Å². The number of para-hydroxylation sites is 1. The maximum Gasteiger partial charge on any atom is 0.282 e. The van der Waals surface area contributed by atoms with Gasteiger partial charge < -0.3 is 15.1 Å². The third-order valence-electron chi connectivity index (χ3n) is 4.33. The Bertz CT molecular complexity index is 798. The average Bonchev–Trinajstić information content (AvgIpc) is 3.11. The van der Waals surface area contributed by atoms with E-state index in [2.05, 4.69) is 14.9 Å². The van der Waals surface area contributed by atoms with Gasteiger partial charge in [-0.25, -0.2) is 4.98 Å².